The fraction of sp³-hybridized carbons (Fsp3) is 0.222. The number of aryl methyl sites for hydroxylation is 1. The highest BCUT2D eigenvalue weighted by Gasteiger charge is 2.11. The molecule has 0 radical (unpaired) electrons. The van der Waals surface area contributed by atoms with E-state index in [1.54, 1.807) is 7.11 Å². The molecule has 0 spiro atoms. The van der Waals surface area contributed by atoms with E-state index in [0.717, 1.165) is 11.1 Å². The smallest absolute Gasteiger partial charge is 0.181 e. The fourth-order valence-electron chi connectivity index (χ4n) is 2.40. The predicted molar refractivity (Wildman–Crippen MR) is 89.7 cm³/mol. The van der Waals surface area contributed by atoms with Crippen LogP contribution < -0.4 is 9.47 Å². The molecule has 0 amide bonds. The van der Waals surface area contributed by atoms with Crippen LogP contribution in [0.1, 0.15) is 12.5 Å². The summed E-state index contributed by atoms with van der Waals surface area (Å²) in [6, 6.07) is 13.8. The van der Waals surface area contributed by atoms with Gasteiger partial charge in [-0.25, -0.2) is 4.98 Å². The quantitative estimate of drug-likeness (QED) is 0.777. The molecule has 0 aliphatic rings. The first-order valence-corrected chi connectivity index (χ1v) is 7.52. The third-order valence-corrected chi connectivity index (χ3v) is 3.50. The van der Waals surface area contributed by atoms with E-state index in [4.69, 9.17) is 9.47 Å². The molecule has 118 valence electrons. The van der Waals surface area contributed by atoms with Crippen LogP contribution in [0.4, 0.5) is 0 Å². The summed E-state index contributed by atoms with van der Waals surface area (Å²) in [7, 11) is 1.63. The molecule has 0 aliphatic heterocycles. The number of H-pyrrole nitrogens is 1. The largest absolute Gasteiger partial charge is 0.493 e. The topological polar surface area (TPSA) is 60.0 Å². The Bertz CT molecular complexity index is 812. The van der Waals surface area contributed by atoms with Crippen molar-refractivity contribution in [1.29, 1.82) is 0 Å². The number of aromatic amines is 1. The first-order chi connectivity index (χ1) is 11.2. The first kappa shape index (κ1) is 15.1. The Morgan fingerprint density at radius 2 is 1.91 bits per heavy atom. The van der Waals surface area contributed by atoms with E-state index < -0.39 is 0 Å². The summed E-state index contributed by atoms with van der Waals surface area (Å²) < 4.78 is 10.9. The lowest BCUT2D eigenvalue weighted by Crippen LogP contribution is -1.96. The minimum Gasteiger partial charge on any atom is -0.493 e. The number of methoxy groups -OCH3 is 1. The minimum atomic E-state index is 0.574. The highest BCUT2D eigenvalue weighted by atomic mass is 16.5. The molecule has 0 unspecified atom stereocenters. The van der Waals surface area contributed by atoms with Crippen molar-refractivity contribution in [2.45, 2.75) is 13.8 Å². The van der Waals surface area contributed by atoms with Gasteiger partial charge in [0.15, 0.2) is 23.1 Å². The van der Waals surface area contributed by atoms with Gasteiger partial charge in [0, 0.05) is 11.1 Å². The molecule has 0 saturated carbocycles. The normalized spacial score (nSPS) is 10.6. The van der Waals surface area contributed by atoms with E-state index in [1.165, 1.54) is 5.56 Å². The van der Waals surface area contributed by atoms with Crippen molar-refractivity contribution >= 4 is 0 Å². The highest BCUT2D eigenvalue weighted by molar-refractivity contribution is 5.64. The molecule has 3 aromatic rings. The van der Waals surface area contributed by atoms with Gasteiger partial charge in [-0.3, -0.25) is 5.10 Å². The van der Waals surface area contributed by atoms with Crippen molar-refractivity contribution in [3.8, 4) is 34.3 Å². The van der Waals surface area contributed by atoms with E-state index in [9.17, 15) is 0 Å². The molecule has 1 aromatic heterocycles. The lowest BCUT2D eigenvalue weighted by Gasteiger charge is -2.09. The summed E-state index contributed by atoms with van der Waals surface area (Å²) in [6.07, 6.45) is 0. The summed E-state index contributed by atoms with van der Waals surface area (Å²) in [5, 5.41) is 7.30. The van der Waals surface area contributed by atoms with Gasteiger partial charge in [-0.05, 0) is 38.1 Å². The third kappa shape index (κ3) is 3.18. The molecular weight excluding hydrogens is 290 g/mol. The number of hydrogen-bond donors (Lipinski definition) is 1. The van der Waals surface area contributed by atoms with Crippen LogP contribution in [0.15, 0.2) is 42.5 Å². The van der Waals surface area contributed by atoms with Gasteiger partial charge in [-0.15, -0.1) is 0 Å². The van der Waals surface area contributed by atoms with Crippen molar-refractivity contribution in [3.05, 3.63) is 48.0 Å². The molecule has 0 saturated heterocycles. The Morgan fingerprint density at radius 1 is 1.04 bits per heavy atom. The van der Waals surface area contributed by atoms with Crippen LogP contribution >= 0.6 is 0 Å². The van der Waals surface area contributed by atoms with E-state index in [1.807, 2.05) is 37.3 Å². The Kier molecular flexibility index (Phi) is 4.28. The average Bonchev–Trinajstić information content (AvgIpc) is 3.05. The second-order valence-electron chi connectivity index (χ2n) is 5.18. The first-order valence-electron chi connectivity index (χ1n) is 7.52. The molecule has 0 atom stereocenters. The number of aromatic nitrogens is 3. The molecule has 5 heteroatoms. The number of nitrogens with zero attached hydrogens (tertiary/aromatic N) is 2. The van der Waals surface area contributed by atoms with Crippen molar-refractivity contribution in [3.63, 3.8) is 0 Å². The van der Waals surface area contributed by atoms with Gasteiger partial charge in [0.2, 0.25) is 0 Å². The van der Waals surface area contributed by atoms with Gasteiger partial charge < -0.3 is 9.47 Å². The van der Waals surface area contributed by atoms with Crippen LogP contribution in [0.25, 0.3) is 22.8 Å². The zero-order valence-corrected chi connectivity index (χ0v) is 13.5. The van der Waals surface area contributed by atoms with Crippen molar-refractivity contribution in [2.75, 3.05) is 13.7 Å². The molecule has 1 heterocycles. The van der Waals surface area contributed by atoms with Gasteiger partial charge >= 0.3 is 0 Å². The summed E-state index contributed by atoms with van der Waals surface area (Å²) >= 11 is 0. The zero-order valence-electron chi connectivity index (χ0n) is 13.5. The Hall–Kier alpha value is -2.82. The molecule has 3 rings (SSSR count). The summed E-state index contributed by atoms with van der Waals surface area (Å²) in [5.74, 6) is 2.78. The van der Waals surface area contributed by atoms with Crippen LogP contribution in [0, 0.1) is 6.92 Å². The molecule has 5 nitrogen and oxygen atoms in total. The highest BCUT2D eigenvalue weighted by Crippen LogP contribution is 2.31. The molecule has 23 heavy (non-hydrogen) atoms. The number of hydrogen-bond acceptors (Lipinski definition) is 4. The van der Waals surface area contributed by atoms with Crippen LogP contribution in [0.2, 0.25) is 0 Å². The second kappa shape index (κ2) is 6.52. The van der Waals surface area contributed by atoms with Gasteiger partial charge in [0.25, 0.3) is 0 Å². The zero-order chi connectivity index (χ0) is 16.2. The number of benzene rings is 2. The standard InChI is InChI=1S/C18H19N3O2/c1-4-23-16-11-14(8-9-15(16)22-3)18-19-17(20-21-18)13-7-5-6-12(2)10-13/h5-11H,4H2,1-3H3,(H,19,20,21). The lowest BCUT2D eigenvalue weighted by atomic mass is 10.1. The maximum absolute atomic E-state index is 5.61. The molecule has 0 fully saturated rings. The Balaban J connectivity index is 1.95. The van der Waals surface area contributed by atoms with E-state index in [-0.39, 0.29) is 0 Å². The monoisotopic (exact) mass is 309 g/mol. The van der Waals surface area contributed by atoms with Gasteiger partial charge in [-0.1, -0.05) is 23.8 Å². The number of ether oxygens (including phenoxy) is 2. The SMILES string of the molecule is CCOc1cc(-c2nc(-c3cccc(C)c3)n[nH]2)ccc1OC. The minimum absolute atomic E-state index is 0.574. The van der Waals surface area contributed by atoms with E-state index >= 15 is 0 Å². The van der Waals surface area contributed by atoms with Crippen LogP contribution in [0.5, 0.6) is 11.5 Å². The summed E-state index contributed by atoms with van der Waals surface area (Å²) in [4.78, 5) is 4.59. The van der Waals surface area contributed by atoms with Gasteiger partial charge in [0.1, 0.15) is 0 Å². The number of rotatable bonds is 5. The summed E-state index contributed by atoms with van der Waals surface area (Å²) in [6.45, 7) is 4.57. The van der Waals surface area contributed by atoms with Crippen molar-refractivity contribution in [2.24, 2.45) is 0 Å². The molecule has 1 N–H and O–H groups in total. The number of nitrogens with one attached hydrogen (secondary N) is 1. The second-order valence-corrected chi connectivity index (χ2v) is 5.18. The van der Waals surface area contributed by atoms with Crippen LogP contribution in [-0.4, -0.2) is 28.9 Å². The summed E-state index contributed by atoms with van der Waals surface area (Å²) in [5.41, 5.74) is 3.07. The van der Waals surface area contributed by atoms with E-state index in [2.05, 4.69) is 34.2 Å². The average molecular weight is 309 g/mol. The van der Waals surface area contributed by atoms with Crippen molar-refractivity contribution in [1.82, 2.24) is 15.2 Å². The van der Waals surface area contributed by atoms with Crippen LogP contribution in [0.3, 0.4) is 0 Å². The molecule has 0 bridgehead atoms. The lowest BCUT2D eigenvalue weighted by molar-refractivity contribution is 0.311. The molecule has 0 aliphatic carbocycles. The van der Waals surface area contributed by atoms with Gasteiger partial charge in [0.05, 0.1) is 13.7 Å². The predicted octanol–water partition coefficient (Wildman–Crippen LogP) is 3.85. The maximum atomic E-state index is 5.61. The third-order valence-electron chi connectivity index (χ3n) is 3.50. The van der Waals surface area contributed by atoms with E-state index in [0.29, 0.717) is 29.8 Å². The Morgan fingerprint density at radius 3 is 2.65 bits per heavy atom. The molecule has 2 aromatic carbocycles. The molecular formula is C18H19N3O2. The van der Waals surface area contributed by atoms with Crippen LogP contribution in [-0.2, 0) is 0 Å². The van der Waals surface area contributed by atoms with Gasteiger partial charge in [-0.2, -0.15) is 5.10 Å². The Labute approximate surface area is 135 Å². The fourth-order valence-corrected chi connectivity index (χ4v) is 2.40. The van der Waals surface area contributed by atoms with Crippen molar-refractivity contribution < 1.29 is 9.47 Å². The maximum Gasteiger partial charge on any atom is 0.181 e.